The number of likely N-dealkylation sites (N-methyl/N-ethyl adjacent to an activating group) is 1. The number of esters is 2. The van der Waals surface area contributed by atoms with Crippen molar-refractivity contribution in [3.05, 3.63) is 97.2 Å². The van der Waals surface area contributed by atoms with Gasteiger partial charge in [0.15, 0.2) is 6.10 Å². The van der Waals surface area contributed by atoms with Crippen molar-refractivity contribution in [3.8, 4) is 0 Å². The zero-order valence-electron chi connectivity index (χ0n) is 51.1. The molecule has 0 aromatic carbocycles. The number of allylic oxidation sites excluding steroid dienone is 15. The van der Waals surface area contributed by atoms with Gasteiger partial charge in [0, 0.05) is 6.42 Å². The van der Waals surface area contributed by atoms with E-state index in [1.807, 2.05) is 33.3 Å². The Hall–Kier alpha value is -3.07. The standard InChI is InChI=1S/C68H120NO8P/c1-6-8-10-12-14-16-18-20-22-23-24-25-26-27-28-29-30-31-32-33-34-35-36-37-38-39-40-41-42-43-44-45-47-48-50-52-54-56-58-60-67(70)74-64-66(65-76-78(72,73)75-63-62-69(3,4)5)77-68(71)61-59-57-55-53-51-49-46-21-19-17-15-13-11-9-7-2/h9,11,15,17-18,20-21,23-24,26-27,46,51,53,57,59,66H,6-8,10,12-14,16,19,22,25,28-45,47-50,52,54-56,58,60-65H2,1-5H3/b11-9-,17-15-,20-18-,24-23-,27-26-,46-21-,53-51-,59-57-. The van der Waals surface area contributed by atoms with Crippen molar-refractivity contribution in [1.82, 2.24) is 0 Å². The van der Waals surface area contributed by atoms with Crippen molar-refractivity contribution in [3.63, 3.8) is 0 Å². The Balaban J connectivity index is 3.95. The first-order valence-corrected chi connectivity index (χ1v) is 33.4. The minimum absolute atomic E-state index is 0.00932. The van der Waals surface area contributed by atoms with E-state index in [1.165, 1.54) is 180 Å². The van der Waals surface area contributed by atoms with Crippen LogP contribution < -0.4 is 4.89 Å². The predicted molar refractivity (Wildman–Crippen MR) is 332 cm³/mol. The highest BCUT2D eigenvalue weighted by atomic mass is 31.2. The van der Waals surface area contributed by atoms with Gasteiger partial charge in [-0.15, -0.1) is 0 Å². The van der Waals surface area contributed by atoms with Crippen LogP contribution in [-0.2, 0) is 32.7 Å². The number of nitrogens with zero attached hydrogens (tertiary/aromatic N) is 1. The van der Waals surface area contributed by atoms with Crippen molar-refractivity contribution in [2.45, 2.75) is 277 Å². The fourth-order valence-corrected chi connectivity index (χ4v) is 9.47. The minimum atomic E-state index is -4.66. The molecule has 450 valence electrons. The molecule has 0 amide bonds. The van der Waals surface area contributed by atoms with E-state index in [9.17, 15) is 19.0 Å². The van der Waals surface area contributed by atoms with Crippen LogP contribution in [0.15, 0.2) is 97.2 Å². The fourth-order valence-electron chi connectivity index (χ4n) is 8.74. The molecular formula is C68H120NO8P. The summed E-state index contributed by atoms with van der Waals surface area (Å²) in [4.78, 5) is 37.7. The molecule has 10 heteroatoms. The Morgan fingerprint density at radius 2 is 0.769 bits per heavy atom. The van der Waals surface area contributed by atoms with E-state index in [2.05, 4.69) is 92.8 Å². The van der Waals surface area contributed by atoms with Gasteiger partial charge in [-0.3, -0.25) is 14.2 Å². The van der Waals surface area contributed by atoms with Gasteiger partial charge >= 0.3 is 11.9 Å². The predicted octanol–water partition coefficient (Wildman–Crippen LogP) is 19.7. The maximum atomic E-state index is 12.7. The lowest BCUT2D eigenvalue weighted by Crippen LogP contribution is -2.37. The molecule has 78 heavy (non-hydrogen) atoms. The molecule has 0 aromatic rings. The molecule has 2 atom stereocenters. The van der Waals surface area contributed by atoms with Crippen LogP contribution >= 0.6 is 7.82 Å². The first kappa shape index (κ1) is 74.9. The minimum Gasteiger partial charge on any atom is -0.756 e. The van der Waals surface area contributed by atoms with E-state index in [0.717, 1.165) is 57.8 Å². The molecular weight excluding hydrogens is 990 g/mol. The SMILES string of the molecule is CC/C=C\C/C=C\C/C=C\C/C=C\C/C=C\CC(=O)OC(COC(=O)CCCCCCCCCCCCCCCCCCCCCCCCCC/C=C\C/C=C\C/C=C\CCCCCCC)COP(=O)([O-])OCC[N+](C)(C)C. The summed E-state index contributed by atoms with van der Waals surface area (Å²) < 4.78 is 34.0. The van der Waals surface area contributed by atoms with Crippen molar-refractivity contribution in [2.24, 2.45) is 0 Å². The summed E-state index contributed by atoms with van der Waals surface area (Å²) in [7, 11) is 1.11. The Labute approximate surface area is 481 Å². The third-order valence-electron chi connectivity index (χ3n) is 13.6. The highest BCUT2D eigenvalue weighted by Gasteiger charge is 2.21. The Bertz CT molecular complexity index is 1640. The lowest BCUT2D eigenvalue weighted by molar-refractivity contribution is -0.870. The van der Waals surface area contributed by atoms with Crippen molar-refractivity contribution in [1.29, 1.82) is 0 Å². The highest BCUT2D eigenvalue weighted by molar-refractivity contribution is 7.45. The fraction of sp³-hybridized carbons (Fsp3) is 0.735. The van der Waals surface area contributed by atoms with Gasteiger partial charge in [0.2, 0.25) is 0 Å². The first-order valence-electron chi connectivity index (χ1n) is 31.9. The number of hydrogen-bond donors (Lipinski definition) is 0. The Morgan fingerprint density at radius 1 is 0.423 bits per heavy atom. The smallest absolute Gasteiger partial charge is 0.310 e. The number of ether oxygens (including phenoxy) is 2. The quantitative estimate of drug-likeness (QED) is 0.0195. The molecule has 0 saturated carbocycles. The maximum absolute atomic E-state index is 12.7. The van der Waals surface area contributed by atoms with Crippen LogP contribution in [0, 0.1) is 0 Å². The molecule has 0 spiro atoms. The molecule has 0 aromatic heterocycles. The van der Waals surface area contributed by atoms with E-state index in [4.69, 9.17) is 18.5 Å². The summed E-state index contributed by atoms with van der Waals surface area (Å²) in [6.07, 6.45) is 81.1. The molecule has 2 unspecified atom stereocenters. The second-order valence-corrected chi connectivity index (χ2v) is 23.8. The zero-order chi connectivity index (χ0) is 57.0. The number of carbonyl (C=O) groups excluding carboxylic acids is 2. The van der Waals surface area contributed by atoms with E-state index in [1.54, 1.807) is 6.08 Å². The normalized spacial score (nSPS) is 13.9. The summed E-state index contributed by atoms with van der Waals surface area (Å²) >= 11 is 0. The molecule has 0 aliphatic carbocycles. The third kappa shape index (κ3) is 62.1. The van der Waals surface area contributed by atoms with Crippen LogP contribution in [0.5, 0.6) is 0 Å². The number of rotatable bonds is 58. The highest BCUT2D eigenvalue weighted by Crippen LogP contribution is 2.38. The van der Waals surface area contributed by atoms with Crippen LogP contribution in [0.3, 0.4) is 0 Å². The van der Waals surface area contributed by atoms with Crippen LogP contribution in [0.25, 0.3) is 0 Å². The summed E-state index contributed by atoms with van der Waals surface area (Å²) in [5, 5.41) is 0. The molecule has 0 heterocycles. The number of carbonyl (C=O) groups is 2. The van der Waals surface area contributed by atoms with Gasteiger partial charge in [0.1, 0.15) is 19.8 Å². The van der Waals surface area contributed by atoms with E-state index in [-0.39, 0.29) is 26.1 Å². The van der Waals surface area contributed by atoms with E-state index >= 15 is 0 Å². The third-order valence-corrected chi connectivity index (χ3v) is 14.6. The van der Waals surface area contributed by atoms with Gasteiger partial charge in [-0.05, 0) is 77.0 Å². The van der Waals surface area contributed by atoms with Gasteiger partial charge in [0.05, 0.1) is 34.2 Å². The number of unbranched alkanes of at least 4 members (excludes halogenated alkanes) is 29. The first-order chi connectivity index (χ1) is 38.0. The second-order valence-electron chi connectivity index (χ2n) is 22.4. The summed E-state index contributed by atoms with van der Waals surface area (Å²) in [6.45, 7) is 4.01. The van der Waals surface area contributed by atoms with Gasteiger partial charge in [-0.1, -0.05) is 278 Å². The lowest BCUT2D eigenvalue weighted by Gasteiger charge is -2.28. The van der Waals surface area contributed by atoms with Gasteiger partial charge in [-0.2, -0.15) is 0 Å². The maximum Gasteiger partial charge on any atom is 0.310 e. The number of phosphoric acid groups is 1. The van der Waals surface area contributed by atoms with Gasteiger partial charge in [0.25, 0.3) is 7.82 Å². The molecule has 0 saturated heterocycles. The molecule has 9 nitrogen and oxygen atoms in total. The van der Waals surface area contributed by atoms with Gasteiger partial charge < -0.3 is 27.9 Å². The molecule has 0 bridgehead atoms. The zero-order valence-corrected chi connectivity index (χ0v) is 52.0. The van der Waals surface area contributed by atoms with Crippen LogP contribution in [0.4, 0.5) is 0 Å². The van der Waals surface area contributed by atoms with E-state index < -0.39 is 32.5 Å². The van der Waals surface area contributed by atoms with Crippen molar-refractivity contribution >= 4 is 19.8 Å². The average Bonchev–Trinajstić information content (AvgIpc) is 3.41. The number of hydrogen-bond acceptors (Lipinski definition) is 8. The summed E-state index contributed by atoms with van der Waals surface area (Å²) in [6, 6.07) is 0. The molecule has 0 fully saturated rings. The Kier molecular flexibility index (Phi) is 56.3. The van der Waals surface area contributed by atoms with Crippen LogP contribution in [0.1, 0.15) is 271 Å². The van der Waals surface area contributed by atoms with E-state index in [0.29, 0.717) is 17.4 Å². The van der Waals surface area contributed by atoms with Crippen molar-refractivity contribution in [2.75, 3.05) is 47.5 Å². The number of phosphoric ester groups is 1. The molecule has 0 radical (unpaired) electrons. The average molecular weight is 1110 g/mol. The summed E-state index contributed by atoms with van der Waals surface area (Å²) in [5.41, 5.74) is 0. The molecule has 0 rings (SSSR count). The Morgan fingerprint density at radius 3 is 1.15 bits per heavy atom. The van der Waals surface area contributed by atoms with Crippen LogP contribution in [0.2, 0.25) is 0 Å². The van der Waals surface area contributed by atoms with Crippen LogP contribution in [-0.4, -0.2) is 70.0 Å². The summed E-state index contributed by atoms with van der Waals surface area (Å²) in [5.74, 6) is -0.978. The topological polar surface area (TPSA) is 111 Å². The lowest BCUT2D eigenvalue weighted by atomic mass is 10.0. The largest absolute Gasteiger partial charge is 0.756 e. The molecule has 0 aliphatic rings. The van der Waals surface area contributed by atoms with Crippen molar-refractivity contribution < 1.29 is 42.1 Å². The molecule has 0 N–H and O–H groups in total. The molecule has 0 aliphatic heterocycles. The monoisotopic (exact) mass is 1110 g/mol. The van der Waals surface area contributed by atoms with Gasteiger partial charge in [-0.25, -0.2) is 0 Å². The second kappa shape index (κ2) is 58.6. The number of quaternary nitrogens is 1.